The topological polar surface area (TPSA) is 60.4 Å². The number of phenols is 1. The number of hydrogen-bond donors (Lipinski definition) is 3. The van der Waals surface area contributed by atoms with Crippen molar-refractivity contribution in [1.29, 1.82) is 0 Å². The van der Waals surface area contributed by atoms with Gasteiger partial charge in [0.05, 0.1) is 0 Å². The number of aromatic nitrogens is 1. The molecule has 0 spiro atoms. The minimum absolute atomic E-state index is 0. The molecule has 7 heteroatoms. The van der Waals surface area contributed by atoms with Gasteiger partial charge in [0.25, 0.3) is 0 Å². The van der Waals surface area contributed by atoms with Crippen LogP contribution >= 0.6 is 23.7 Å². The van der Waals surface area contributed by atoms with Crippen LogP contribution in [-0.2, 0) is 0 Å². The van der Waals surface area contributed by atoms with Crippen LogP contribution in [0.1, 0.15) is 10.4 Å². The van der Waals surface area contributed by atoms with E-state index in [1.54, 1.807) is 23.5 Å². The third-order valence-corrected chi connectivity index (χ3v) is 5.29. The predicted molar refractivity (Wildman–Crippen MR) is 121 cm³/mol. The van der Waals surface area contributed by atoms with Gasteiger partial charge in [-0.25, -0.2) is 4.98 Å². The van der Waals surface area contributed by atoms with Gasteiger partial charge in [-0.1, -0.05) is 35.6 Å². The van der Waals surface area contributed by atoms with Gasteiger partial charge >= 0.3 is 0 Å². The van der Waals surface area contributed by atoms with E-state index in [2.05, 4.69) is 44.8 Å². The Morgan fingerprint density at radius 3 is 2.71 bits per heavy atom. The van der Waals surface area contributed by atoms with Crippen molar-refractivity contribution in [1.82, 2.24) is 10.3 Å². The highest BCUT2D eigenvalue weighted by Crippen LogP contribution is 2.27. The lowest BCUT2D eigenvalue weighted by atomic mass is 10.2. The van der Waals surface area contributed by atoms with Crippen molar-refractivity contribution < 1.29 is 5.11 Å². The van der Waals surface area contributed by atoms with Crippen molar-refractivity contribution in [2.75, 3.05) is 36.4 Å². The van der Waals surface area contributed by atoms with E-state index >= 15 is 0 Å². The Balaban J connectivity index is 0.00000225. The van der Waals surface area contributed by atoms with E-state index in [1.807, 2.05) is 30.5 Å². The van der Waals surface area contributed by atoms with Crippen LogP contribution in [0, 0.1) is 0 Å². The number of thiazole rings is 1. The van der Waals surface area contributed by atoms with Crippen LogP contribution in [0.15, 0.2) is 54.7 Å². The maximum absolute atomic E-state index is 9.53. The van der Waals surface area contributed by atoms with Gasteiger partial charge in [-0.05, 0) is 42.0 Å². The lowest BCUT2D eigenvalue weighted by Gasteiger charge is -2.29. The fourth-order valence-electron chi connectivity index (χ4n) is 3.06. The second kappa shape index (κ2) is 9.59. The molecule has 1 saturated heterocycles. The van der Waals surface area contributed by atoms with E-state index in [9.17, 15) is 5.11 Å². The smallest absolute Gasteiger partial charge is 0.187 e. The number of hydrogen-bond acceptors (Lipinski definition) is 6. The molecule has 2 heterocycles. The quantitative estimate of drug-likeness (QED) is 0.569. The first kappa shape index (κ1) is 20.2. The molecular weight excluding hydrogens is 392 g/mol. The van der Waals surface area contributed by atoms with E-state index in [4.69, 9.17) is 0 Å². The summed E-state index contributed by atoms with van der Waals surface area (Å²) in [6, 6.07) is 15.7. The monoisotopic (exact) mass is 414 g/mol. The summed E-state index contributed by atoms with van der Waals surface area (Å²) in [4.78, 5) is 7.92. The molecule has 0 radical (unpaired) electrons. The Kier molecular flexibility index (Phi) is 6.92. The Bertz CT molecular complexity index is 937. The third kappa shape index (κ3) is 5.25. The molecule has 5 nitrogen and oxygen atoms in total. The Morgan fingerprint density at radius 1 is 1.07 bits per heavy atom. The predicted octanol–water partition coefficient (Wildman–Crippen LogP) is 4.59. The van der Waals surface area contributed by atoms with Crippen molar-refractivity contribution >= 4 is 52.4 Å². The average molecular weight is 415 g/mol. The normalized spacial score (nSPS) is 14.1. The number of aromatic hydroxyl groups is 1. The molecule has 4 rings (SSSR count). The number of rotatable bonds is 5. The molecule has 0 unspecified atom stereocenters. The Morgan fingerprint density at radius 2 is 1.89 bits per heavy atom. The molecule has 0 bridgehead atoms. The van der Waals surface area contributed by atoms with E-state index in [1.165, 1.54) is 5.69 Å². The van der Waals surface area contributed by atoms with E-state index < -0.39 is 0 Å². The number of nitrogens with one attached hydrogen (secondary N) is 2. The summed E-state index contributed by atoms with van der Waals surface area (Å²) in [6.45, 7) is 4.12. The SMILES string of the molecule is Cl.Oc1cccc(/C=C/c2cnc(Nc3cccc(N4CCNCC4)c3)s2)c1. The van der Waals surface area contributed by atoms with Gasteiger partial charge in [-0.15, -0.1) is 12.4 Å². The highest BCUT2D eigenvalue weighted by atomic mass is 35.5. The zero-order valence-corrected chi connectivity index (χ0v) is 17.0. The fraction of sp³-hybridized carbons (Fsp3) is 0.190. The van der Waals surface area contributed by atoms with Gasteiger partial charge in [0, 0.05) is 48.6 Å². The lowest BCUT2D eigenvalue weighted by molar-refractivity contribution is 0.475. The first-order valence-corrected chi connectivity index (χ1v) is 9.84. The van der Waals surface area contributed by atoms with E-state index in [0.717, 1.165) is 47.4 Å². The van der Waals surface area contributed by atoms with Crippen LogP contribution in [0.4, 0.5) is 16.5 Å². The van der Waals surface area contributed by atoms with Crippen LogP contribution in [0.2, 0.25) is 0 Å². The van der Waals surface area contributed by atoms with Gasteiger partial charge in [0.1, 0.15) is 5.75 Å². The molecule has 0 aliphatic carbocycles. The van der Waals surface area contributed by atoms with Gasteiger partial charge in [-0.3, -0.25) is 0 Å². The summed E-state index contributed by atoms with van der Waals surface area (Å²) in [5.41, 5.74) is 3.24. The standard InChI is InChI=1S/C21H22N4OS.ClH/c26-19-6-1-3-16(13-19)7-8-20-15-23-21(27-20)24-17-4-2-5-18(14-17)25-11-9-22-10-12-25;/h1-8,13-15,22,26H,9-12H2,(H,23,24);1H/b8-7+;. The molecular formula is C21H23ClN4OS. The highest BCUT2D eigenvalue weighted by Gasteiger charge is 2.11. The maximum Gasteiger partial charge on any atom is 0.187 e. The van der Waals surface area contributed by atoms with Gasteiger partial charge < -0.3 is 20.6 Å². The molecule has 0 saturated carbocycles. The van der Waals surface area contributed by atoms with Crippen LogP contribution in [0.5, 0.6) is 5.75 Å². The van der Waals surface area contributed by atoms with Crippen molar-refractivity contribution in [3.05, 3.63) is 65.2 Å². The van der Waals surface area contributed by atoms with Crippen LogP contribution in [0.25, 0.3) is 12.2 Å². The van der Waals surface area contributed by atoms with E-state index in [-0.39, 0.29) is 18.2 Å². The van der Waals surface area contributed by atoms with Crippen molar-refractivity contribution in [3.8, 4) is 5.75 Å². The van der Waals surface area contributed by atoms with Crippen LogP contribution < -0.4 is 15.5 Å². The molecule has 3 N–H and O–H groups in total. The summed E-state index contributed by atoms with van der Waals surface area (Å²) < 4.78 is 0. The Hall–Kier alpha value is -2.54. The summed E-state index contributed by atoms with van der Waals surface area (Å²) in [5.74, 6) is 0.271. The number of piperazine rings is 1. The molecule has 0 amide bonds. The molecule has 146 valence electrons. The van der Waals surface area contributed by atoms with Crippen molar-refractivity contribution in [3.63, 3.8) is 0 Å². The fourth-order valence-corrected chi connectivity index (χ4v) is 3.79. The number of anilines is 3. The molecule has 1 aliphatic rings. The van der Waals surface area contributed by atoms with Gasteiger partial charge in [0.2, 0.25) is 0 Å². The zero-order chi connectivity index (χ0) is 18.5. The number of benzene rings is 2. The summed E-state index contributed by atoms with van der Waals surface area (Å²) in [7, 11) is 0. The number of phenolic OH excluding ortho intramolecular Hbond substituents is 1. The molecule has 0 atom stereocenters. The molecule has 1 aliphatic heterocycles. The first-order chi connectivity index (χ1) is 13.3. The van der Waals surface area contributed by atoms with Crippen molar-refractivity contribution in [2.45, 2.75) is 0 Å². The molecule has 1 fully saturated rings. The largest absolute Gasteiger partial charge is 0.508 e. The van der Waals surface area contributed by atoms with Crippen molar-refractivity contribution in [2.24, 2.45) is 0 Å². The number of nitrogens with zero attached hydrogens (tertiary/aromatic N) is 2. The van der Waals surface area contributed by atoms with Gasteiger partial charge in [-0.2, -0.15) is 0 Å². The Labute approximate surface area is 175 Å². The second-order valence-corrected chi connectivity index (χ2v) is 7.47. The number of halogens is 1. The maximum atomic E-state index is 9.53. The van der Waals surface area contributed by atoms with Crippen LogP contribution in [0.3, 0.4) is 0 Å². The minimum atomic E-state index is 0. The average Bonchev–Trinajstić information content (AvgIpc) is 3.15. The molecule has 1 aromatic heterocycles. The third-order valence-electron chi connectivity index (χ3n) is 4.41. The van der Waals surface area contributed by atoms with E-state index in [0.29, 0.717) is 0 Å². The molecule has 2 aromatic carbocycles. The summed E-state index contributed by atoms with van der Waals surface area (Å²) >= 11 is 1.60. The second-order valence-electron chi connectivity index (χ2n) is 6.41. The van der Waals surface area contributed by atoms with Crippen LogP contribution in [-0.4, -0.2) is 36.3 Å². The minimum Gasteiger partial charge on any atom is -0.508 e. The summed E-state index contributed by atoms with van der Waals surface area (Å²) in [6.07, 6.45) is 5.84. The highest BCUT2D eigenvalue weighted by molar-refractivity contribution is 7.16. The van der Waals surface area contributed by atoms with Gasteiger partial charge in [0.15, 0.2) is 5.13 Å². The summed E-state index contributed by atoms with van der Waals surface area (Å²) in [5, 5.41) is 17.2. The lowest BCUT2D eigenvalue weighted by Crippen LogP contribution is -2.43. The zero-order valence-electron chi connectivity index (χ0n) is 15.3. The molecule has 3 aromatic rings. The first-order valence-electron chi connectivity index (χ1n) is 9.02. The molecule has 28 heavy (non-hydrogen) atoms.